The molecule has 0 unspecified atom stereocenters. The van der Waals surface area contributed by atoms with Gasteiger partial charge in [-0.3, -0.25) is 9.36 Å². The van der Waals surface area contributed by atoms with Crippen molar-refractivity contribution < 1.29 is 0 Å². The lowest BCUT2D eigenvalue weighted by molar-refractivity contribution is 0.415. The first-order valence-electron chi connectivity index (χ1n) is 9.03. The van der Waals surface area contributed by atoms with Gasteiger partial charge in [0.2, 0.25) is 0 Å². The molecule has 4 rings (SSSR count). The lowest BCUT2D eigenvalue weighted by Crippen LogP contribution is -2.45. The fraction of sp³-hybridized carbons (Fsp3) is 0.500. The van der Waals surface area contributed by atoms with Gasteiger partial charge in [0.15, 0.2) is 0 Å². The molecule has 126 valence electrons. The Kier molecular flexibility index (Phi) is 3.52. The van der Waals surface area contributed by atoms with E-state index in [0.29, 0.717) is 0 Å². The van der Waals surface area contributed by atoms with Crippen LogP contribution in [0.2, 0.25) is 0 Å². The summed E-state index contributed by atoms with van der Waals surface area (Å²) >= 11 is 0. The summed E-state index contributed by atoms with van der Waals surface area (Å²) < 4.78 is 1.51. The van der Waals surface area contributed by atoms with Crippen molar-refractivity contribution in [3.05, 3.63) is 56.2 Å². The van der Waals surface area contributed by atoms with E-state index in [4.69, 9.17) is 0 Å². The molecule has 0 aliphatic heterocycles. The molecule has 0 amide bonds. The van der Waals surface area contributed by atoms with Crippen molar-refractivity contribution in [3.8, 4) is 11.3 Å². The van der Waals surface area contributed by atoms with Crippen LogP contribution in [0.1, 0.15) is 63.1 Å². The first kappa shape index (κ1) is 15.4. The molecule has 0 saturated heterocycles. The van der Waals surface area contributed by atoms with Gasteiger partial charge in [-0.15, -0.1) is 0 Å². The number of benzene rings is 1. The van der Waals surface area contributed by atoms with Gasteiger partial charge in [-0.2, -0.15) is 0 Å². The normalized spacial score (nSPS) is 23.1. The van der Waals surface area contributed by atoms with E-state index in [1.807, 2.05) is 18.2 Å². The number of rotatable bonds is 2. The fourth-order valence-corrected chi connectivity index (χ4v) is 4.53. The Hall–Kier alpha value is -2.10. The second kappa shape index (κ2) is 5.47. The lowest BCUT2D eigenvalue weighted by Gasteiger charge is -2.36. The highest BCUT2D eigenvalue weighted by Crippen LogP contribution is 2.42. The molecular weight excluding hydrogens is 300 g/mol. The number of aromatic nitrogens is 2. The van der Waals surface area contributed by atoms with Crippen LogP contribution in [0.15, 0.2) is 33.9 Å². The summed E-state index contributed by atoms with van der Waals surface area (Å²) in [6.07, 6.45) is 5.78. The van der Waals surface area contributed by atoms with Crippen molar-refractivity contribution in [2.75, 3.05) is 0 Å². The highest BCUT2D eigenvalue weighted by Gasteiger charge is 2.38. The average Bonchev–Trinajstić information content (AvgIpc) is 3.08. The molecule has 2 aliphatic rings. The summed E-state index contributed by atoms with van der Waals surface area (Å²) in [6, 6.07) is 8.17. The molecule has 2 aliphatic carbocycles. The maximum absolute atomic E-state index is 13.3. The number of H-pyrrole nitrogens is 1. The zero-order valence-corrected chi connectivity index (χ0v) is 14.4. The molecule has 0 radical (unpaired) electrons. The molecule has 1 fully saturated rings. The van der Waals surface area contributed by atoms with Crippen molar-refractivity contribution in [2.45, 2.75) is 63.8 Å². The van der Waals surface area contributed by atoms with Crippen LogP contribution in [-0.4, -0.2) is 9.55 Å². The van der Waals surface area contributed by atoms with E-state index in [0.717, 1.165) is 55.3 Å². The number of nitrogens with zero attached hydrogens (tertiary/aromatic N) is 1. The quantitative estimate of drug-likeness (QED) is 0.918. The molecule has 4 nitrogen and oxygen atoms in total. The second-order valence-electron chi connectivity index (χ2n) is 7.54. The number of hydrogen-bond donors (Lipinski definition) is 1. The van der Waals surface area contributed by atoms with Crippen molar-refractivity contribution in [1.29, 1.82) is 0 Å². The molecule has 24 heavy (non-hydrogen) atoms. The first-order valence-corrected chi connectivity index (χ1v) is 9.03. The summed E-state index contributed by atoms with van der Waals surface area (Å²) in [5, 5.41) is 0. The molecule has 1 atom stereocenters. The minimum absolute atomic E-state index is 0.0600. The van der Waals surface area contributed by atoms with Gasteiger partial charge in [0.25, 0.3) is 5.56 Å². The summed E-state index contributed by atoms with van der Waals surface area (Å²) in [7, 11) is 0. The third-order valence-corrected chi connectivity index (χ3v) is 6.07. The molecule has 2 aromatic rings. The fourth-order valence-electron chi connectivity index (χ4n) is 4.53. The Morgan fingerprint density at radius 2 is 1.92 bits per heavy atom. The Balaban J connectivity index is 2.04. The van der Waals surface area contributed by atoms with Crippen LogP contribution < -0.4 is 11.2 Å². The van der Waals surface area contributed by atoms with Crippen molar-refractivity contribution in [2.24, 2.45) is 0 Å². The van der Waals surface area contributed by atoms with E-state index in [1.165, 1.54) is 10.1 Å². The van der Waals surface area contributed by atoms with Crippen LogP contribution in [-0.2, 0) is 11.8 Å². The van der Waals surface area contributed by atoms with E-state index >= 15 is 0 Å². The summed E-state index contributed by atoms with van der Waals surface area (Å²) in [6.45, 7) is 4.28. The Labute approximate surface area is 141 Å². The minimum atomic E-state index is -0.249. The van der Waals surface area contributed by atoms with Crippen LogP contribution >= 0.6 is 0 Å². The van der Waals surface area contributed by atoms with Crippen molar-refractivity contribution in [3.63, 3.8) is 0 Å². The van der Waals surface area contributed by atoms with Gasteiger partial charge < -0.3 is 4.98 Å². The van der Waals surface area contributed by atoms with Crippen LogP contribution in [0.25, 0.3) is 11.3 Å². The van der Waals surface area contributed by atoms with Crippen LogP contribution in [0.3, 0.4) is 0 Å². The Morgan fingerprint density at radius 3 is 2.62 bits per heavy atom. The van der Waals surface area contributed by atoms with Crippen molar-refractivity contribution >= 4 is 0 Å². The Bertz CT molecular complexity index is 903. The van der Waals surface area contributed by atoms with Gasteiger partial charge in [-0.05, 0) is 31.2 Å². The molecule has 1 N–H and O–H groups in total. The van der Waals surface area contributed by atoms with E-state index in [-0.39, 0.29) is 22.7 Å². The monoisotopic (exact) mass is 324 g/mol. The van der Waals surface area contributed by atoms with Crippen LogP contribution in [0, 0.1) is 0 Å². The first-order chi connectivity index (χ1) is 11.5. The van der Waals surface area contributed by atoms with E-state index in [9.17, 15) is 9.59 Å². The van der Waals surface area contributed by atoms with Crippen LogP contribution in [0.5, 0.6) is 0 Å². The van der Waals surface area contributed by atoms with E-state index in [2.05, 4.69) is 24.9 Å². The average molecular weight is 324 g/mol. The summed E-state index contributed by atoms with van der Waals surface area (Å²) in [5.41, 5.74) is 3.21. The smallest absolute Gasteiger partial charge is 0.306 e. The van der Waals surface area contributed by atoms with Gasteiger partial charge in [0, 0.05) is 22.6 Å². The zero-order chi connectivity index (χ0) is 16.9. The molecule has 1 saturated carbocycles. The topological polar surface area (TPSA) is 54.9 Å². The van der Waals surface area contributed by atoms with Crippen LogP contribution in [0.4, 0.5) is 0 Å². The largest absolute Gasteiger partial charge is 0.329 e. The molecule has 1 heterocycles. The molecule has 1 aromatic carbocycles. The predicted molar refractivity (Wildman–Crippen MR) is 95.6 cm³/mol. The highest BCUT2D eigenvalue weighted by atomic mass is 16.2. The molecule has 0 spiro atoms. The standard InChI is InChI=1S/C20H24N2O2/c1-3-20(2)12-13-8-4-7-11-15(13)17-16(20)18(23)22(19(24)21-17)14-9-5-6-10-14/h4,7-8,11,14H,3,5-6,9-10,12H2,1-2H3,(H,21,24)/t20-/m1/s1. The maximum atomic E-state index is 13.3. The maximum Gasteiger partial charge on any atom is 0.329 e. The molecule has 0 bridgehead atoms. The van der Waals surface area contributed by atoms with Gasteiger partial charge in [-0.25, -0.2) is 4.79 Å². The highest BCUT2D eigenvalue weighted by molar-refractivity contribution is 5.71. The molecule has 4 heteroatoms. The minimum Gasteiger partial charge on any atom is -0.306 e. The number of fused-ring (bicyclic) bond motifs is 3. The summed E-state index contributed by atoms with van der Waals surface area (Å²) in [4.78, 5) is 29.1. The molecule has 1 aromatic heterocycles. The zero-order valence-electron chi connectivity index (χ0n) is 14.4. The van der Waals surface area contributed by atoms with Gasteiger partial charge in [0.05, 0.1) is 5.69 Å². The second-order valence-corrected chi connectivity index (χ2v) is 7.54. The predicted octanol–water partition coefficient (Wildman–Crippen LogP) is 3.54. The summed E-state index contributed by atoms with van der Waals surface area (Å²) in [5.74, 6) is 0. The van der Waals surface area contributed by atoms with E-state index in [1.54, 1.807) is 0 Å². The number of nitrogens with one attached hydrogen (secondary N) is 1. The van der Waals surface area contributed by atoms with Gasteiger partial charge in [-0.1, -0.05) is 51.0 Å². The Morgan fingerprint density at radius 1 is 1.21 bits per heavy atom. The molecular formula is C20H24N2O2. The lowest BCUT2D eigenvalue weighted by atomic mass is 9.69. The van der Waals surface area contributed by atoms with Gasteiger partial charge >= 0.3 is 5.69 Å². The van der Waals surface area contributed by atoms with Crippen molar-refractivity contribution in [1.82, 2.24) is 9.55 Å². The third kappa shape index (κ3) is 2.12. The van der Waals surface area contributed by atoms with E-state index < -0.39 is 0 Å². The number of hydrogen-bond acceptors (Lipinski definition) is 2. The van der Waals surface area contributed by atoms with Gasteiger partial charge in [0.1, 0.15) is 0 Å². The number of aromatic amines is 1. The third-order valence-electron chi connectivity index (χ3n) is 6.07. The SMILES string of the molecule is CC[C@]1(C)Cc2ccccc2-c2[nH]c(=O)n(C3CCCC3)c(=O)c21.